The minimum Gasteiger partial charge on any atom is -0.368 e. The van der Waals surface area contributed by atoms with Gasteiger partial charge in [0.25, 0.3) is 0 Å². The van der Waals surface area contributed by atoms with Crippen LogP contribution in [0.25, 0.3) is 0 Å². The molecule has 1 aliphatic rings. The molecule has 0 bridgehead atoms. The van der Waals surface area contributed by atoms with Crippen molar-refractivity contribution in [3.05, 3.63) is 51.5 Å². The number of rotatable bonds is 3. The molecular formula is C16H17N3O2S. The molecule has 0 aliphatic carbocycles. The summed E-state index contributed by atoms with van der Waals surface area (Å²) in [5.41, 5.74) is 8.40. The highest BCUT2D eigenvalue weighted by molar-refractivity contribution is 7.09. The summed E-state index contributed by atoms with van der Waals surface area (Å²) < 4.78 is 0. The lowest BCUT2D eigenvalue weighted by Crippen LogP contribution is -2.51. The first-order chi connectivity index (χ1) is 10.5. The Morgan fingerprint density at radius 3 is 2.73 bits per heavy atom. The monoisotopic (exact) mass is 315 g/mol. The van der Waals surface area contributed by atoms with Crippen molar-refractivity contribution in [1.82, 2.24) is 9.88 Å². The van der Waals surface area contributed by atoms with Gasteiger partial charge in [-0.25, -0.2) is 4.98 Å². The molecule has 0 radical (unpaired) electrons. The standard InChI is InChI=1S/C16H17N3O2S/c1-10-18-13(9-22-10)7-15(20)19-8-12-5-3-2-4-11(12)6-14(19)16(17)21/h2-5,9,14H,6-8H2,1H3,(H2,17,21)/t14-/m1/s1. The highest BCUT2D eigenvalue weighted by Crippen LogP contribution is 2.24. The smallest absolute Gasteiger partial charge is 0.240 e. The first-order valence-corrected chi connectivity index (χ1v) is 7.99. The van der Waals surface area contributed by atoms with Gasteiger partial charge in [0.05, 0.1) is 17.1 Å². The number of aromatic nitrogens is 1. The van der Waals surface area contributed by atoms with Crippen molar-refractivity contribution in [2.24, 2.45) is 5.73 Å². The average molecular weight is 315 g/mol. The van der Waals surface area contributed by atoms with E-state index in [1.807, 2.05) is 36.6 Å². The van der Waals surface area contributed by atoms with Crippen molar-refractivity contribution in [2.45, 2.75) is 32.4 Å². The quantitative estimate of drug-likeness (QED) is 0.931. The third-order valence-electron chi connectivity index (χ3n) is 3.90. The lowest BCUT2D eigenvalue weighted by Gasteiger charge is -2.35. The van der Waals surface area contributed by atoms with Gasteiger partial charge >= 0.3 is 0 Å². The van der Waals surface area contributed by atoms with Gasteiger partial charge in [-0.3, -0.25) is 9.59 Å². The summed E-state index contributed by atoms with van der Waals surface area (Å²) >= 11 is 1.52. The molecule has 0 fully saturated rings. The Hall–Kier alpha value is -2.21. The van der Waals surface area contributed by atoms with Crippen LogP contribution in [0.15, 0.2) is 29.6 Å². The Bertz CT molecular complexity index is 726. The highest BCUT2D eigenvalue weighted by atomic mass is 32.1. The number of nitrogens with two attached hydrogens (primary N) is 1. The van der Waals surface area contributed by atoms with Gasteiger partial charge in [-0.1, -0.05) is 24.3 Å². The molecule has 1 aromatic carbocycles. The normalized spacial score (nSPS) is 17.1. The molecule has 1 aliphatic heterocycles. The van der Waals surface area contributed by atoms with Gasteiger partial charge < -0.3 is 10.6 Å². The Labute approximate surface area is 132 Å². The average Bonchev–Trinajstić information content (AvgIpc) is 2.90. The van der Waals surface area contributed by atoms with Gasteiger partial charge in [-0.15, -0.1) is 11.3 Å². The van der Waals surface area contributed by atoms with Crippen molar-refractivity contribution in [1.29, 1.82) is 0 Å². The minimum atomic E-state index is -0.581. The number of thiazole rings is 1. The van der Waals surface area contributed by atoms with E-state index in [4.69, 9.17) is 5.73 Å². The molecule has 0 unspecified atom stereocenters. The maximum atomic E-state index is 12.6. The van der Waals surface area contributed by atoms with Crippen molar-refractivity contribution in [3.8, 4) is 0 Å². The molecule has 3 rings (SSSR count). The molecule has 2 amide bonds. The Morgan fingerprint density at radius 2 is 2.09 bits per heavy atom. The second kappa shape index (κ2) is 5.88. The first kappa shape index (κ1) is 14.7. The van der Waals surface area contributed by atoms with Crippen molar-refractivity contribution in [3.63, 3.8) is 0 Å². The molecule has 1 aromatic heterocycles. The topological polar surface area (TPSA) is 76.3 Å². The molecule has 114 valence electrons. The highest BCUT2D eigenvalue weighted by Gasteiger charge is 2.33. The number of hydrogen-bond donors (Lipinski definition) is 1. The van der Waals surface area contributed by atoms with Crippen LogP contribution in [0.5, 0.6) is 0 Å². The van der Waals surface area contributed by atoms with Gasteiger partial charge in [0.2, 0.25) is 11.8 Å². The maximum absolute atomic E-state index is 12.6. The fraction of sp³-hybridized carbons (Fsp3) is 0.312. The predicted molar refractivity (Wildman–Crippen MR) is 84.2 cm³/mol. The van der Waals surface area contributed by atoms with Gasteiger partial charge in [0.15, 0.2) is 0 Å². The summed E-state index contributed by atoms with van der Waals surface area (Å²) in [6.45, 7) is 2.33. The largest absolute Gasteiger partial charge is 0.368 e. The summed E-state index contributed by atoms with van der Waals surface area (Å²) in [7, 11) is 0. The molecule has 2 heterocycles. The molecule has 22 heavy (non-hydrogen) atoms. The molecule has 2 N–H and O–H groups in total. The number of primary amides is 1. The van der Waals surface area contributed by atoms with Crippen LogP contribution in [-0.4, -0.2) is 27.7 Å². The SMILES string of the molecule is Cc1nc(CC(=O)N2Cc3ccccc3C[C@@H]2C(N)=O)cs1. The van der Waals surface area contributed by atoms with Crippen LogP contribution >= 0.6 is 11.3 Å². The zero-order valence-corrected chi connectivity index (χ0v) is 13.1. The fourth-order valence-corrected chi connectivity index (χ4v) is 3.40. The van der Waals surface area contributed by atoms with Crippen LogP contribution in [0.2, 0.25) is 0 Å². The Morgan fingerprint density at radius 1 is 1.36 bits per heavy atom. The van der Waals surface area contributed by atoms with Gasteiger partial charge in [0, 0.05) is 18.3 Å². The van der Waals surface area contributed by atoms with Gasteiger partial charge in [-0.05, 0) is 18.1 Å². The zero-order valence-electron chi connectivity index (χ0n) is 12.3. The zero-order chi connectivity index (χ0) is 15.7. The summed E-state index contributed by atoms with van der Waals surface area (Å²) in [5.74, 6) is -0.569. The van der Waals surface area contributed by atoms with Gasteiger partial charge in [0.1, 0.15) is 6.04 Å². The third-order valence-corrected chi connectivity index (χ3v) is 4.72. The van der Waals surface area contributed by atoms with Crippen molar-refractivity contribution in [2.75, 3.05) is 0 Å². The molecule has 5 nitrogen and oxygen atoms in total. The van der Waals surface area contributed by atoms with E-state index in [-0.39, 0.29) is 12.3 Å². The summed E-state index contributed by atoms with van der Waals surface area (Å²) in [5, 5.41) is 2.81. The molecule has 0 spiro atoms. The molecule has 0 saturated heterocycles. The van der Waals surface area contributed by atoms with Crippen LogP contribution in [-0.2, 0) is 29.0 Å². The number of fused-ring (bicyclic) bond motifs is 1. The fourth-order valence-electron chi connectivity index (χ4n) is 2.79. The summed E-state index contributed by atoms with van der Waals surface area (Å²) in [6, 6.07) is 7.26. The van der Waals surface area contributed by atoms with E-state index in [9.17, 15) is 9.59 Å². The second-order valence-electron chi connectivity index (χ2n) is 5.45. The Kier molecular flexibility index (Phi) is 3.94. The third kappa shape index (κ3) is 2.87. The van der Waals surface area contributed by atoms with Crippen LogP contribution < -0.4 is 5.73 Å². The van der Waals surface area contributed by atoms with Crippen LogP contribution in [0.1, 0.15) is 21.8 Å². The number of aryl methyl sites for hydroxylation is 1. The number of nitrogens with zero attached hydrogens (tertiary/aromatic N) is 2. The van der Waals surface area contributed by atoms with Crippen molar-refractivity contribution >= 4 is 23.2 Å². The van der Waals surface area contributed by atoms with E-state index in [1.165, 1.54) is 11.3 Å². The van der Waals surface area contributed by atoms with Crippen LogP contribution in [0, 0.1) is 6.92 Å². The maximum Gasteiger partial charge on any atom is 0.240 e. The molecular weight excluding hydrogens is 298 g/mol. The molecule has 6 heteroatoms. The van der Waals surface area contributed by atoms with E-state index >= 15 is 0 Å². The summed E-state index contributed by atoms with van der Waals surface area (Å²) in [6.07, 6.45) is 0.684. The number of carbonyl (C=O) groups excluding carboxylic acids is 2. The Balaban J connectivity index is 1.84. The van der Waals surface area contributed by atoms with Crippen molar-refractivity contribution < 1.29 is 9.59 Å². The first-order valence-electron chi connectivity index (χ1n) is 7.11. The minimum absolute atomic E-state index is 0.108. The van der Waals surface area contributed by atoms with Crippen LogP contribution in [0.3, 0.4) is 0 Å². The van der Waals surface area contributed by atoms with Gasteiger partial charge in [-0.2, -0.15) is 0 Å². The predicted octanol–water partition coefficient (Wildman–Crippen LogP) is 1.43. The van der Waals surface area contributed by atoms with E-state index < -0.39 is 11.9 Å². The number of hydrogen-bond acceptors (Lipinski definition) is 4. The molecule has 0 saturated carbocycles. The number of benzene rings is 1. The van der Waals surface area contributed by atoms with E-state index in [1.54, 1.807) is 4.90 Å². The number of amides is 2. The second-order valence-corrected chi connectivity index (χ2v) is 6.51. The number of carbonyl (C=O) groups is 2. The lowest BCUT2D eigenvalue weighted by molar-refractivity contribution is -0.140. The lowest BCUT2D eigenvalue weighted by atomic mass is 9.93. The van der Waals surface area contributed by atoms with Crippen LogP contribution in [0.4, 0.5) is 0 Å². The van der Waals surface area contributed by atoms with E-state index in [0.29, 0.717) is 13.0 Å². The molecule has 1 atom stereocenters. The van der Waals surface area contributed by atoms with E-state index in [2.05, 4.69) is 4.98 Å². The summed E-state index contributed by atoms with van der Waals surface area (Å²) in [4.78, 5) is 30.2. The van der Waals surface area contributed by atoms with E-state index in [0.717, 1.165) is 21.8 Å². The molecule has 2 aromatic rings.